The molecule has 0 aliphatic heterocycles. The summed E-state index contributed by atoms with van der Waals surface area (Å²) in [4.78, 5) is 24.5. The fraction of sp³-hybridized carbons (Fsp3) is 0.158. The molecule has 0 saturated heterocycles. The van der Waals surface area contributed by atoms with Crippen LogP contribution in [0.15, 0.2) is 61.3 Å². The third kappa shape index (κ3) is 4.17. The van der Waals surface area contributed by atoms with E-state index in [2.05, 4.69) is 20.3 Å². The number of carbonyl (C=O) groups excluding carboxylic acids is 1. The van der Waals surface area contributed by atoms with Crippen molar-refractivity contribution in [3.63, 3.8) is 0 Å². The predicted octanol–water partition coefficient (Wildman–Crippen LogP) is 2.52. The fourth-order valence-electron chi connectivity index (χ4n) is 2.45. The normalized spacial score (nSPS) is 10.3. The van der Waals surface area contributed by atoms with Crippen LogP contribution in [0.4, 0.5) is 0 Å². The number of pyridine rings is 1. The Morgan fingerprint density at radius 2 is 1.84 bits per heavy atom. The molecule has 3 aromatic rings. The van der Waals surface area contributed by atoms with Gasteiger partial charge in [0.2, 0.25) is 0 Å². The molecule has 0 spiro atoms. The molecule has 6 heteroatoms. The Labute approximate surface area is 145 Å². The van der Waals surface area contributed by atoms with Gasteiger partial charge in [-0.1, -0.05) is 12.1 Å². The molecule has 126 valence electrons. The van der Waals surface area contributed by atoms with E-state index in [1.54, 1.807) is 50.2 Å². The van der Waals surface area contributed by atoms with Crippen molar-refractivity contribution in [2.45, 2.75) is 6.42 Å². The van der Waals surface area contributed by atoms with E-state index >= 15 is 0 Å². The summed E-state index contributed by atoms with van der Waals surface area (Å²) in [6.45, 7) is 0.511. The van der Waals surface area contributed by atoms with Crippen molar-refractivity contribution in [2.75, 3.05) is 13.7 Å². The Hall–Kier alpha value is -3.28. The molecule has 0 aliphatic carbocycles. The van der Waals surface area contributed by atoms with Gasteiger partial charge in [0.05, 0.1) is 19.0 Å². The highest BCUT2D eigenvalue weighted by atomic mass is 16.5. The first kappa shape index (κ1) is 16.6. The number of rotatable bonds is 6. The van der Waals surface area contributed by atoms with Gasteiger partial charge in [0.25, 0.3) is 5.91 Å². The Morgan fingerprint density at radius 3 is 2.56 bits per heavy atom. The van der Waals surface area contributed by atoms with E-state index in [1.165, 1.54) is 0 Å². The number of aromatic nitrogens is 3. The summed E-state index contributed by atoms with van der Waals surface area (Å²) >= 11 is 0. The second kappa shape index (κ2) is 8.01. The maximum Gasteiger partial charge on any atom is 0.251 e. The number of benzene rings is 1. The van der Waals surface area contributed by atoms with Crippen LogP contribution in [0.2, 0.25) is 0 Å². The number of amides is 1. The average molecular weight is 334 g/mol. The third-order valence-corrected chi connectivity index (χ3v) is 3.75. The lowest BCUT2D eigenvalue weighted by atomic mass is 10.0. The van der Waals surface area contributed by atoms with Crippen molar-refractivity contribution in [3.8, 4) is 16.9 Å². The van der Waals surface area contributed by atoms with E-state index in [0.717, 1.165) is 16.8 Å². The summed E-state index contributed by atoms with van der Waals surface area (Å²) in [7, 11) is 1.61. The number of carbonyl (C=O) groups is 1. The van der Waals surface area contributed by atoms with Crippen LogP contribution in [0.3, 0.4) is 0 Å². The molecule has 25 heavy (non-hydrogen) atoms. The highest BCUT2D eigenvalue weighted by Crippen LogP contribution is 2.28. The van der Waals surface area contributed by atoms with E-state index in [4.69, 9.17) is 4.74 Å². The molecule has 1 amide bonds. The van der Waals surface area contributed by atoms with Gasteiger partial charge in [-0.15, -0.1) is 0 Å². The highest BCUT2D eigenvalue weighted by Gasteiger charge is 2.08. The van der Waals surface area contributed by atoms with Crippen LogP contribution in [0.5, 0.6) is 5.75 Å². The highest BCUT2D eigenvalue weighted by molar-refractivity contribution is 5.94. The van der Waals surface area contributed by atoms with Crippen LogP contribution in [-0.2, 0) is 6.42 Å². The molecule has 0 aliphatic rings. The lowest BCUT2D eigenvalue weighted by molar-refractivity contribution is 0.0954. The standard InChI is InChI=1S/C19H18N4O2/c1-25-18-13-20-8-7-17(18)14-2-4-15(5-3-14)19(24)23-9-6-16-12-21-10-11-22-16/h2-5,7-8,10-13H,6,9H2,1H3,(H,23,24). The predicted molar refractivity (Wildman–Crippen MR) is 94.3 cm³/mol. The Kier molecular flexibility index (Phi) is 5.31. The van der Waals surface area contributed by atoms with Crippen LogP contribution >= 0.6 is 0 Å². The topological polar surface area (TPSA) is 77.0 Å². The van der Waals surface area contributed by atoms with Crippen LogP contribution in [-0.4, -0.2) is 34.5 Å². The minimum atomic E-state index is -0.114. The molecule has 0 unspecified atom stereocenters. The summed E-state index contributed by atoms with van der Waals surface area (Å²) in [5.74, 6) is 0.584. The molecule has 0 radical (unpaired) electrons. The van der Waals surface area contributed by atoms with Crippen molar-refractivity contribution in [1.82, 2.24) is 20.3 Å². The van der Waals surface area contributed by atoms with Gasteiger partial charge < -0.3 is 10.1 Å². The lowest BCUT2D eigenvalue weighted by Crippen LogP contribution is -2.25. The Balaban J connectivity index is 1.62. The largest absolute Gasteiger partial charge is 0.494 e. The Bertz CT molecular complexity index is 836. The molecular weight excluding hydrogens is 316 g/mol. The van der Waals surface area contributed by atoms with E-state index in [9.17, 15) is 4.79 Å². The van der Waals surface area contributed by atoms with Crippen molar-refractivity contribution in [2.24, 2.45) is 0 Å². The molecule has 0 bridgehead atoms. The first-order valence-electron chi connectivity index (χ1n) is 7.89. The summed E-state index contributed by atoms with van der Waals surface area (Å²) < 4.78 is 5.32. The van der Waals surface area contributed by atoms with Gasteiger partial charge in [0, 0.05) is 48.9 Å². The average Bonchev–Trinajstić information content (AvgIpc) is 2.69. The minimum absolute atomic E-state index is 0.114. The first-order valence-corrected chi connectivity index (χ1v) is 7.89. The van der Waals surface area contributed by atoms with E-state index in [-0.39, 0.29) is 5.91 Å². The maximum absolute atomic E-state index is 12.2. The smallest absolute Gasteiger partial charge is 0.251 e. The molecule has 3 rings (SSSR count). The molecule has 6 nitrogen and oxygen atoms in total. The van der Waals surface area contributed by atoms with Crippen molar-refractivity contribution >= 4 is 5.91 Å². The molecule has 2 heterocycles. The molecule has 0 fully saturated rings. The summed E-state index contributed by atoms with van der Waals surface area (Å²) in [6.07, 6.45) is 8.99. The summed E-state index contributed by atoms with van der Waals surface area (Å²) in [6, 6.07) is 9.28. The van der Waals surface area contributed by atoms with Crippen LogP contribution in [0, 0.1) is 0 Å². The minimum Gasteiger partial charge on any atom is -0.494 e. The lowest BCUT2D eigenvalue weighted by Gasteiger charge is -2.09. The van der Waals surface area contributed by atoms with Crippen molar-refractivity contribution < 1.29 is 9.53 Å². The van der Waals surface area contributed by atoms with Crippen LogP contribution in [0.25, 0.3) is 11.1 Å². The second-order valence-electron chi connectivity index (χ2n) is 5.36. The van der Waals surface area contributed by atoms with Crippen molar-refractivity contribution in [1.29, 1.82) is 0 Å². The van der Waals surface area contributed by atoms with E-state index in [0.29, 0.717) is 24.3 Å². The monoisotopic (exact) mass is 334 g/mol. The third-order valence-electron chi connectivity index (χ3n) is 3.75. The van der Waals surface area contributed by atoms with Crippen LogP contribution in [0.1, 0.15) is 16.1 Å². The maximum atomic E-state index is 12.2. The van der Waals surface area contributed by atoms with Gasteiger partial charge in [-0.2, -0.15) is 0 Å². The summed E-state index contributed by atoms with van der Waals surface area (Å²) in [5.41, 5.74) is 3.36. The fourth-order valence-corrected chi connectivity index (χ4v) is 2.45. The van der Waals surface area contributed by atoms with Gasteiger partial charge in [-0.25, -0.2) is 0 Å². The number of nitrogens with zero attached hydrogens (tertiary/aromatic N) is 3. The first-order chi connectivity index (χ1) is 12.3. The number of ether oxygens (including phenoxy) is 1. The molecule has 0 saturated carbocycles. The number of nitrogens with one attached hydrogen (secondary N) is 1. The van der Waals surface area contributed by atoms with Gasteiger partial charge in [-0.3, -0.25) is 19.7 Å². The molecule has 0 atom stereocenters. The van der Waals surface area contributed by atoms with Gasteiger partial charge in [-0.05, 0) is 23.8 Å². The zero-order valence-electron chi connectivity index (χ0n) is 13.8. The second-order valence-corrected chi connectivity index (χ2v) is 5.36. The van der Waals surface area contributed by atoms with Gasteiger partial charge in [0.1, 0.15) is 5.75 Å². The zero-order valence-corrected chi connectivity index (χ0v) is 13.8. The molecule has 1 aromatic carbocycles. The number of hydrogen-bond donors (Lipinski definition) is 1. The Morgan fingerprint density at radius 1 is 1.04 bits per heavy atom. The molecular formula is C19H18N4O2. The zero-order chi connectivity index (χ0) is 17.5. The van der Waals surface area contributed by atoms with Gasteiger partial charge in [0.15, 0.2) is 0 Å². The van der Waals surface area contributed by atoms with Crippen LogP contribution < -0.4 is 10.1 Å². The van der Waals surface area contributed by atoms with Gasteiger partial charge >= 0.3 is 0 Å². The quantitative estimate of drug-likeness (QED) is 0.749. The van der Waals surface area contributed by atoms with Crippen molar-refractivity contribution in [3.05, 3.63) is 72.6 Å². The van der Waals surface area contributed by atoms with E-state index in [1.807, 2.05) is 18.2 Å². The molecule has 1 N–H and O–H groups in total. The summed E-state index contributed by atoms with van der Waals surface area (Å²) in [5, 5.41) is 2.89. The van der Waals surface area contributed by atoms with E-state index < -0.39 is 0 Å². The number of methoxy groups -OCH3 is 1. The number of hydrogen-bond acceptors (Lipinski definition) is 5. The SMILES string of the molecule is COc1cnccc1-c1ccc(C(=O)NCCc2cnccn2)cc1. The molecule has 2 aromatic heterocycles.